The Balaban J connectivity index is 1.53. The van der Waals surface area contributed by atoms with E-state index in [0.717, 1.165) is 24.8 Å². The van der Waals surface area contributed by atoms with Crippen molar-refractivity contribution in [1.82, 2.24) is 15.5 Å². The first kappa shape index (κ1) is 20.0. The molecule has 0 radical (unpaired) electrons. The van der Waals surface area contributed by atoms with Crippen LogP contribution in [0.5, 0.6) is 11.5 Å². The van der Waals surface area contributed by atoms with Crippen LogP contribution in [0.1, 0.15) is 44.1 Å². The molecule has 1 aliphatic heterocycles. The highest BCUT2D eigenvalue weighted by Crippen LogP contribution is 2.33. The van der Waals surface area contributed by atoms with Gasteiger partial charge >= 0.3 is 6.03 Å². The molecule has 1 heterocycles. The predicted octanol–water partition coefficient (Wildman–Crippen LogP) is 1.96. The van der Waals surface area contributed by atoms with Crippen LogP contribution in [-0.2, 0) is 16.1 Å². The number of carbonyl (C=O) groups excluding carboxylic acids is 3. The van der Waals surface area contributed by atoms with Crippen LogP contribution in [0.25, 0.3) is 0 Å². The zero-order valence-electron chi connectivity index (χ0n) is 16.4. The minimum absolute atomic E-state index is 0.0571. The topological polar surface area (TPSA) is 97.0 Å². The summed E-state index contributed by atoms with van der Waals surface area (Å²) in [6.45, 7) is 0.344. The van der Waals surface area contributed by atoms with Crippen LogP contribution in [0.2, 0.25) is 0 Å². The Kier molecular flexibility index (Phi) is 6.06. The van der Waals surface area contributed by atoms with Gasteiger partial charge in [0.1, 0.15) is 17.0 Å². The molecule has 3 rings (SSSR count). The van der Waals surface area contributed by atoms with Gasteiger partial charge in [-0.05, 0) is 31.0 Å². The van der Waals surface area contributed by atoms with Gasteiger partial charge in [-0.25, -0.2) is 4.79 Å². The SMILES string of the molecule is COc1ccc(OC)c(CNC(=O)CCN2C(=O)NC3(CCCCC3)C2=O)c1. The number of carbonyl (C=O) groups is 3. The number of imide groups is 1. The minimum atomic E-state index is -0.750. The first-order chi connectivity index (χ1) is 13.5. The fourth-order valence-electron chi connectivity index (χ4n) is 3.89. The van der Waals surface area contributed by atoms with Crippen LogP contribution in [0, 0.1) is 0 Å². The fraction of sp³-hybridized carbons (Fsp3) is 0.550. The molecule has 8 nitrogen and oxygen atoms in total. The van der Waals surface area contributed by atoms with Crippen molar-refractivity contribution < 1.29 is 23.9 Å². The summed E-state index contributed by atoms with van der Waals surface area (Å²) >= 11 is 0. The molecule has 1 saturated heterocycles. The van der Waals surface area contributed by atoms with E-state index in [1.165, 1.54) is 4.90 Å². The van der Waals surface area contributed by atoms with Crippen molar-refractivity contribution >= 4 is 17.8 Å². The standard InChI is InChI=1S/C20H27N3O5/c1-27-15-6-7-16(28-2)14(12-15)13-21-17(24)8-11-23-18(25)20(22-19(23)26)9-4-3-5-10-20/h6-7,12H,3-5,8-11,13H2,1-2H3,(H,21,24)(H,22,26). The predicted molar refractivity (Wildman–Crippen MR) is 102 cm³/mol. The van der Waals surface area contributed by atoms with Gasteiger partial charge in [0.05, 0.1) is 14.2 Å². The summed E-state index contributed by atoms with van der Waals surface area (Å²) < 4.78 is 10.5. The third-order valence-corrected chi connectivity index (χ3v) is 5.48. The van der Waals surface area contributed by atoms with Crippen molar-refractivity contribution in [2.75, 3.05) is 20.8 Å². The summed E-state index contributed by atoms with van der Waals surface area (Å²) in [7, 11) is 3.13. The van der Waals surface area contributed by atoms with Crippen molar-refractivity contribution in [2.24, 2.45) is 0 Å². The molecule has 0 bridgehead atoms. The van der Waals surface area contributed by atoms with Crippen molar-refractivity contribution in [1.29, 1.82) is 0 Å². The van der Waals surface area contributed by atoms with E-state index in [0.29, 0.717) is 24.3 Å². The Hall–Kier alpha value is -2.77. The van der Waals surface area contributed by atoms with Crippen LogP contribution in [-0.4, -0.2) is 49.0 Å². The average Bonchev–Trinajstić information content (AvgIpc) is 2.94. The molecule has 2 aliphatic rings. The van der Waals surface area contributed by atoms with Crippen LogP contribution in [0.3, 0.4) is 0 Å². The van der Waals surface area contributed by atoms with Gasteiger partial charge in [0.15, 0.2) is 0 Å². The third kappa shape index (κ3) is 4.05. The number of urea groups is 1. The lowest BCUT2D eigenvalue weighted by Gasteiger charge is -2.30. The number of amides is 4. The number of hydrogen-bond donors (Lipinski definition) is 2. The van der Waals surface area contributed by atoms with Gasteiger partial charge in [0, 0.05) is 25.1 Å². The molecule has 2 N–H and O–H groups in total. The Morgan fingerprint density at radius 1 is 1.18 bits per heavy atom. The van der Waals surface area contributed by atoms with Crippen molar-refractivity contribution in [3.05, 3.63) is 23.8 Å². The summed E-state index contributed by atoms with van der Waals surface area (Å²) in [6, 6.07) is 4.96. The lowest BCUT2D eigenvalue weighted by Crippen LogP contribution is -2.48. The molecule has 1 aromatic rings. The lowest BCUT2D eigenvalue weighted by molar-refractivity contribution is -0.132. The molecule has 1 spiro atoms. The van der Waals surface area contributed by atoms with Crippen LogP contribution >= 0.6 is 0 Å². The summed E-state index contributed by atoms with van der Waals surface area (Å²) in [4.78, 5) is 38.4. The van der Waals surface area contributed by atoms with Gasteiger partial charge in [0.25, 0.3) is 5.91 Å². The van der Waals surface area contributed by atoms with Crippen molar-refractivity contribution in [3.8, 4) is 11.5 Å². The zero-order chi connectivity index (χ0) is 20.1. The number of methoxy groups -OCH3 is 2. The normalized spacial score (nSPS) is 18.1. The highest BCUT2D eigenvalue weighted by molar-refractivity contribution is 6.07. The van der Waals surface area contributed by atoms with Gasteiger partial charge in [-0.3, -0.25) is 14.5 Å². The molecular formula is C20H27N3O5. The van der Waals surface area contributed by atoms with E-state index >= 15 is 0 Å². The molecule has 1 aromatic carbocycles. The van der Waals surface area contributed by atoms with Crippen LogP contribution in [0.15, 0.2) is 18.2 Å². The van der Waals surface area contributed by atoms with E-state index in [1.807, 2.05) is 0 Å². The molecule has 0 atom stereocenters. The van der Waals surface area contributed by atoms with Crippen LogP contribution < -0.4 is 20.1 Å². The second-order valence-electron chi connectivity index (χ2n) is 7.23. The molecule has 0 aromatic heterocycles. The summed E-state index contributed by atoms with van der Waals surface area (Å²) in [5.74, 6) is 0.881. The van der Waals surface area contributed by atoms with Crippen molar-refractivity contribution in [3.63, 3.8) is 0 Å². The van der Waals surface area contributed by atoms with E-state index in [1.54, 1.807) is 32.4 Å². The maximum atomic E-state index is 12.7. The van der Waals surface area contributed by atoms with Gasteiger partial charge in [-0.2, -0.15) is 0 Å². The van der Waals surface area contributed by atoms with Crippen molar-refractivity contribution in [2.45, 2.75) is 50.6 Å². The van der Waals surface area contributed by atoms with Gasteiger partial charge in [-0.15, -0.1) is 0 Å². The maximum Gasteiger partial charge on any atom is 0.325 e. The second kappa shape index (κ2) is 8.50. The average molecular weight is 389 g/mol. The molecule has 1 aliphatic carbocycles. The number of benzene rings is 1. The largest absolute Gasteiger partial charge is 0.497 e. The number of nitrogens with zero attached hydrogens (tertiary/aromatic N) is 1. The van der Waals surface area contributed by atoms with Gasteiger partial charge in [-0.1, -0.05) is 19.3 Å². The third-order valence-electron chi connectivity index (χ3n) is 5.48. The maximum absolute atomic E-state index is 12.7. The Morgan fingerprint density at radius 3 is 2.61 bits per heavy atom. The highest BCUT2D eigenvalue weighted by Gasteiger charge is 2.50. The molecular weight excluding hydrogens is 362 g/mol. The Morgan fingerprint density at radius 2 is 1.93 bits per heavy atom. The van der Waals surface area contributed by atoms with E-state index in [4.69, 9.17) is 9.47 Å². The Labute approximate surface area is 164 Å². The highest BCUT2D eigenvalue weighted by atomic mass is 16.5. The number of ether oxygens (including phenoxy) is 2. The van der Waals surface area contributed by atoms with E-state index in [9.17, 15) is 14.4 Å². The fourth-order valence-corrected chi connectivity index (χ4v) is 3.89. The first-order valence-corrected chi connectivity index (χ1v) is 9.61. The molecule has 4 amide bonds. The molecule has 2 fully saturated rings. The Bertz CT molecular complexity index is 758. The lowest BCUT2D eigenvalue weighted by atomic mass is 9.82. The number of nitrogens with one attached hydrogen (secondary N) is 2. The summed E-state index contributed by atoms with van der Waals surface area (Å²) in [5.41, 5.74) is 0.0334. The van der Waals surface area contributed by atoms with E-state index in [-0.39, 0.29) is 31.3 Å². The number of hydrogen-bond acceptors (Lipinski definition) is 5. The van der Waals surface area contributed by atoms with Gasteiger partial charge < -0.3 is 20.1 Å². The van der Waals surface area contributed by atoms with E-state index in [2.05, 4.69) is 10.6 Å². The molecule has 1 saturated carbocycles. The van der Waals surface area contributed by atoms with E-state index < -0.39 is 11.6 Å². The van der Waals surface area contributed by atoms with Crippen LogP contribution in [0.4, 0.5) is 4.79 Å². The zero-order valence-corrected chi connectivity index (χ0v) is 16.4. The summed E-state index contributed by atoms with van der Waals surface area (Å²) in [5, 5.41) is 5.66. The van der Waals surface area contributed by atoms with Gasteiger partial charge in [0.2, 0.25) is 5.91 Å². The molecule has 28 heavy (non-hydrogen) atoms. The smallest absolute Gasteiger partial charge is 0.325 e. The first-order valence-electron chi connectivity index (χ1n) is 9.61. The minimum Gasteiger partial charge on any atom is -0.497 e. The second-order valence-corrected chi connectivity index (χ2v) is 7.23. The quantitative estimate of drug-likeness (QED) is 0.695. The monoisotopic (exact) mass is 389 g/mol. The molecule has 152 valence electrons. The molecule has 8 heteroatoms. The number of rotatable bonds is 7. The molecule has 0 unspecified atom stereocenters. The summed E-state index contributed by atoms with van der Waals surface area (Å²) in [6.07, 6.45) is 4.36.